The first-order valence-corrected chi connectivity index (χ1v) is 4.90. The molecule has 1 unspecified atom stereocenters. The van der Waals surface area contributed by atoms with Gasteiger partial charge in [-0.15, -0.1) is 0 Å². The van der Waals surface area contributed by atoms with Crippen LogP contribution in [0.2, 0.25) is 0 Å². The summed E-state index contributed by atoms with van der Waals surface area (Å²) >= 11 is 0. The topological polar surface area (TPSA) is 47.3 Å². The normalized spacial score (nSPS) is 13.3. The van der Waals surface area contributed by atoms with E-state index in [0.717, 1.165) is 6.42 Å². The first-order valence-electron chi connectivity index (χ1n) is 4.90. The molecule has 3 nitrogen and oxygen atoms in total. The summed E-state index contributed by atoms with van der Waals surface area (Å²) in [6, 6.07) is 2.87. The van der Waals surface area contributed by atoms with E-state index in [1.54, 1.807) is 0 Å². The lowest BCUT2D eigenvalue weighted by Crippen LogP contribution is -2.41. The summed E-state index contributed by atoms with van der Waals surface area (Å²) < 4.78 is 0. The van der Waals surface area contributed by atoms with Crippen LogP contribution in [0.3, 0.4) is 0 Å². The second kappa shape index (κ2) is 6.88. The standard InChI is InChI=1S/C10H20N2O/c1-4-10(5-6-11)12(7-8-13)9(2)3/h9-10,13H,4-5,7-8H2,1-3H3. The highest BCUT2D eigenvalue weighted by Crippen LogP contribution is 2.11. The van der Waals surface area contributed by atoms with E-state index in [1.165, 1.54) is 0 Å². The summed E-state index contributed by atoms with van der Waals surface area (Å²) in [7, 11) is 0. The number of hydrogen-bond acceptors (Lipinski definition) is 3. The van der Waals surface area contributed by atoms with Crippen LogP contribution in [0.25, 0.3) is 0 Å². The molecule has 0 aromatic heterocycles. The summed E-state index contributed by atoms with van der Waals surface area (Å²) in [6.07, 6.45) is 1.51. The van der Waals surface area contributed by atoms with E-state index < -0.39 is 0 Å². The fourth-order valence-electron chi connectivity index (χ4n) is 1.58. The Kier molecular flexibility index (Phi) is 6.56. The quantitative estimate of drug-likeness (QED) is 0.678. The van der Waals surface area contributed by atoms with Crippen LogP contribution in [0.15, 0.2) is 0 Å². The van der Waals surface area contributed by atoms with Gasteiger partial charge in [0.05, 0.1) is 19.1 Å². The van der Waals surface area contributed by atoms with E-state index >= 15 is 0 Å². The molecule has 0 heterocycles. The molecule has 3 heteroatoms. The molecule has 1 atom stereocenters. The van der Waals surface area contributed by atoms with Crippen LogP contribution in [0, 0.1) is 11.3 Å². The Bertz CT molecular complexity index is 163. The van der Waals surface area contributed by atoms with Crippen LogP contribution in [-0.2, 0) is 0 Å². The van der Waals surface area contributed by atoms with Gasteiger partial charge in [-0.25, -0.2) is 0 Å². The molecule has 76 valence electrons. The van der Waals surface area contributed by atoms with Gasteiger partial charge in [-0.2, -0.15) is 5.26 Å². The molecule has 0 saturated heterocycles. The maximum Gasteiger partial charge on any atom is 0.0638 e. The molecule has 0 radical (unpaired) electrons. The third-order valence-electron chi connectivity index (χ3n) is 2.29. The minimum absolute atomic E-state index is 0.167. The van der Waals surface area contributed by atoms with Crippen molar-refractivity contribution in [3.63, 3.8) is 0 Å². The van der Waals surface area contributed by atoms with Crippen molar-refractivity contribution in [1.29, 1.82) is 5.26 Å². The maximum atomic E-state index is 8.87. The van der Waals surface area contributed by atoms with E-state index in [4.69, 9.17) is 10.4 Å². The third-order valence-corrected chi connectivity index (χ3v) is 2.29. The Hall–Kier alpha value is -0.590. The van der Waals surface area contributed by atoms with E-state index in [1.807, 2.05) is 0 Å². The second-order valence-electron chi connectivity index (χ2n) is 3.48. The molecule has 0 aromatic carbocycles. The van der Waals surface area contributed by atoms with Gasteiger partial charge >= 0.3 is 0 Å². The summed E-state index contributed by atoms with van der Waals surface area (Å²) in [5.41, 5.74) is 0. The Balaban J connectivity index is 4.22. The number of aliphatic hydroxyl groups is 1. The fraction of sp³-hybridized carbons (Fsp3) is 0.900. The zero-order valence-corrected chi connectivity index (χ0v) is 8.82. The first-order chi connectivity index (χ1) is 6.17. The van der Waals surface area contributed by atoms with Gasteiger partial charge in [0, 0.05) is 18.6 Å². The van der Waals surface area contributed by atoms with Crippen LogP contribution in [-0.4, -0.2) is 35.2 Å². The van der Waals surface area contributed by atoms with Crippen LogP contribution < -0.4 is 0 Å². The molecule has 0 saturated carbocycles. The van der Waals surface area contributed by atoms with Crippen molar-refractivity contribution in [1.82, 2.24) is 4.90 Å². The highest BCUT2D eigenvalue weighted by Gasteiger charge is 2.18. The average molecular weight is 184 g/mol. The minimum Gasteiger partial charge on any atom is -0.395 e. The minimum atomic E-state index is 0.167. The van der Waals surface area contributed by atoms with Gasteiger partial charge in [0.15, 0.2) is 0 Å². The van der Waals surface area contributed by atoms with Crippen LogP contribution >= 0.6 is 0 Å². The molecule has 0 rings (SSSR count). The predicted molar refractivity (Wildman–Crippen MR) is 53.2 cm³/mol. The monoisotopic (exact) mass is 184 g/mol. The van der Waals surface area contributed by atoms with Gasteiger partial charge in [-0.1, -0.05) is 6.92 Å². The molecular weight excluding hydrogens is 164 g/mol. The number of rotatable bonds is 6. The molecule has 13 heavy (non-hydrogen) atoms. The predicted octanol–water partition coefficient (Wildman–Crippen LogP) is 1.38. The van der Waals surface area contributed by atoms with Gasteiger partial charge in [0.2, 0.25) is 0 Å². The lowest BCUT2D eigenvalue weighted by atomic mass is 10.1. The Morgan fingerprint density at radius 3 is 2.38 bits per heavy atom. The lowest BCUT2D eigenvalue weighted by Gasteiger charge is -2.32. The summed E-state index contributed by atoms with van der Waals surface area (Å²) in [6.45, 7) is 7.10. The van der Waals surface area contributed by atoms with Crippen LogP contribution in [0.1, 0.15) is 33.6 Å². The van der Waals surface area contributed by atoms with Crippen LogP contribution in [0.4, 0.5) is 0 Å². The van der Waals surface area contributed by atoms with Gasteiger partial charge < -0.3 is 5.11 Å². The smallest absolute Gasteiger partial charge is 0.0638 e. The van der Waals surface area contributed by atoms with Crippen LogP contribution in [0.5, 0.6) is 0 Å². The largest absolute Gasteiger partial charge is 0.395 e. The number of hydrogen-bond donors (Lipinski definition) is 1. The SMILES string of the molecule is CCC(CC#N)N(CCO)C(C)C. The Morgan fingerprint density at radius 2 is 2.08 bits per heavy atom. The van der Waals surface area contributed by atoms with Gasteiger partial charge in [0.1, 0.15) is 0 Å². The summed E-state index contributed by atoms with van der Waals surface area (Å²) in [4.78, 5) is 2.18. The zero-order chi connectivity index (χ0) is 10.3. The molecule has 0 aromatic rings. The third kappa shape index (κ3) is 4.25. The molecule has 0 aliphatic heterocycles. The summed E-state index contributed by atoms with van der Waals surface area (Å²) in [5.74, 6) is 0. The highest BCUT2D eigenvalue weighted by atomic mass is 16.3. The van der Waals surface area contributed by atoms with E-state index in [-0.39, 0.29) is 12.6 Å². The van der Waals surface area contributed by atoms with Gasteiger partial charge in [0.25, 0.3) is 0 Å². The first kappa shape index (κ1) is 12.4. The average Bonchev–Trinajstić information content (AvgIpc) is 2.10. The van der Waals surface area contributed by atoms with Crippen molar-refractivity contribution in [2.75, 3.05) is 13.2 Å². The van der Waals surface area contributed by atoms with Crippen molar-refractivity contribution in [2.24, 2.45) is 0 Å². The Labute approximate surface area is 81.0 Å². The fourth-order valence-corrected chi connectivity index (χ4v) is 1.58. The zero-order valence-electron chi connectivity index (χ0n) is 8.82. The van der Waals surface area contributed by atoms with Crippen molar-refractivity contribution < 1.29 is 5.11 Å². The van der Waals surface area contributed by atoms with Gasteiger partial charge in [-0.05, 0) is 20.3 Å². The van der Waals surface area contributed by atoms with E-state index in [9.17, 15) is 0 Å². The molecule has 0 bridgehead atoms. The van der Waals surface area contributed by atoms with Crippen molar-refractivity contribution in [2.45, 2.75) is 45.7 Å². The molecule has 0 aliphatic carbocycles. The van der Waals surface area contributed by atoms with Gasteiger partial charge in [-0.3, -0.25) is 4.90 Å². The second-order valence-corrected chi connectivity index (χ2v) is 3.48. The molecule has 0 fully saturated rings. The molecule has 0 spiro atoms. The number of aliphatic hydroxyl groups excluding tert-OH is 1. The number of nitrogens with zero attached hydrogens (tertiary/aromatic N) is 2. The highest BCUT2D eigenvalue weighted by molar-refractivity contribution is 4.83. The summed E-state index contributed by atoms with van der Waals surface area (Å²) in [5, 5.41) is 17.5. The van der Waals surface area contributed by atoms with E-state index in [2.05, 4.69) is 31.7 Å². The van der Waals surface area contributed by atoms with Crippen molar-refractivity contribution in [3.8, 4) is 6.07 Å². The Morgan fingerprint density at radius 1 is 1.46 bits per heavy atom. The molecule has 1 N–H and O–H groups in total. The lowest BCUT2D eigenvalue weighted by molar-refractivity contribution is 0.116. The number of nitriles is 1. The molecule has 0 amide bonds. The molecular formula is C10H20N2O. The maximum absolute atomic E-state index is 8.87. The van der Waals surface area contributed by atoms with E-state index in [0.29, 0.717) is 19.0 Å². The van der Waals surface area contributed by atoms with Crippen molar-refractivity contribution in [3.05, 3.63) is 0 Å². The molecule has 0 aliphatic rings. The van der Waals surface area contributed by atoms with Crippen molar-refractivity contribution >= 4 is 0 Å².